The molecule has 0 spiro atoms. The summed E-state index contributed by atoms with van der Waals surface area (Å²) in [6.07, 6.45) is 0. The Hall–Kier alpha value is 1.00. The minimum Gasteiger partial charge on any atom is -0.744 e. The molecule has 0 atom stereocenters. The first-order chi connectivity index (χ1) is 9.46. The average molecular weight is 545 g/mol. The number of halogens is 3. The molecule has 5 nitrogen and oxygen atoms in total. The number of hydrogen-bond donors (Lipinski definition) is 0. The predicted molar refractivity (Wildman–Crippen MR) is 88.6 cm³/mol. The zero-order chi connectivity index (χ0) is 16.1. The van der Waals surface area contributed by atoms with E-state index in [9.17, 15) is 21.4 Å². The van der Waals surface area contributed by atoms with Gasteiger partial charge in [-0.05, 0) is 65.3 Å². The second-order valence-electron chi connectivity index (χ2n) is 4.01. The topological polar surface area (TPSA) is 91.3 Å². The van der Waals surface area contributed by atoms with E-state index in [-0.39, 0.29) is 39.8 Å². The van der Waals surface area contributed by atoms with E-state index < -0.39 is 26.3 Å². The molecule has 0 radical (unpaired) electrons. The van der Waals surface area contributed by atoms with Crippen LogP contribution in [0.15, 0.2) is 46.2 Å². The maximum Gasteiger partial charge on any atom is 1.00 e. The van der Waals surface area contributed by atoms with Crippen LogP contribution >= 0.6 is 47.8 Å². The van der Waals surface area contributed by atoms with E-state index >= 15 is 0 Å². The van der Waals surface area contributed by atoms with Crippen molar-refractivity contribution in [2.75, 3.05) is 0 Å². The zero-order valence-corrected chi connectivity index (χ0v) is 19.3. The molecule has 114 valence electrons. The van der Waals surface area contributed by atoms with Crippen molar-refractivity contribution in [3.05, 3.63) is 36.4 Å². The van der Waals surface area contributed by atoms with Gasteiger partial charge in [0.1, 0.15) is 10.1 Å². The molecular formula is C11H6Br3NaO5S2. The number of fused-ring (bicyclic) bond motifs is 1. The fraction of sp³-hybridized carbons (Fsp3) is 0.0909. The van der Waals surface area contributed by atoms with Crippen LogP contribution in [0.1, 0.15) is 0 Å². The van der Waals surface area contributed by atoms with Crippen LogP contribution < -0.4 is 29.6 Å². The maximum absolute atomic E-state index is 12.5. The van der Waals surface area contributed by atoms with Gasteiger partial charge in [-0.3, -0.25) is 0 Å². The Kier molecular flexibility index (Phi) is 6.78. The van der Waals surface area contributed by atoms with Crippen molar-refractivity contribution in [2.45, 2.75) is 11.3 Å². The van der Waals surface area contributed by atoms with Crippen LogP contribution in [0.25, 0.3) is 10.8 Å². The van der Waals surface area contributed by atoms with Crippen molar-refractivity contribution in [2.24, 2.45) is 0 Å². The quantitative estimate of drug-likeness (QED) is 0.308. The number of hydrogen-bond acceptors (Lipinski definition) is 5. The Bertz CT molecular complexity index is 915. The van der Waals surface area contributed by atoms with Crippen LogP contribution in [0.4, 0.5) is 0 Å². The van der Waals surface area contributed by atoms with Crippen molar-refractivity contribution < 1.29 is 50.9 Å². The molecule has 0 aliphatic heterocycles. The van der Waals surface area contributed by atoms with E-state index in [2.05, 4.69) is 47.8 Å². The minimum atomic E-state index is -4.82. The molecule has 0 aromatic heterocycles. The predicted octanol–water partition coefficient (Wildman–Crippen LogP) is 0.318. The molecule has 0 aliphatic rings. The summed E-state index contributed by atoms with van der Waals surface area (Å²) in [4.78, 5) is -0.850. The van der Waals surface area contributed by atoms with E-state index in [1.807, 2.05) is 0 Å². The molecule has 0 heterocycles. The van der Waals surface area contributed by atoms with E-state index in [0.29, 0.717) is 5.39 Å². The molecular weight excluding hydrogens is 539 g/mol. The fourth-order valence-corrected chi connectivity index (χ4v) is 5.19. The first-order valence-electron chi connectivity index (χ1n) is 5.25. The Labute approximate surface area is 175 Å². The molecule has 0 amide bonds. The number of alkyl halides is 3. The van der Waals surface area contributed by atoms with Crippen LogP contribution in [0.3, 0.4) is 0 Å². The Morgan fingerprint density at radius 2 is 1.32 bits per heavy atom. The van der Waals surface area contributed by atoms with Crippen LogP contribution in [-0.2, 0) is 20.0 Å². The molecule has 0 bridgehead atoms. The van der Waals surface area contributed by atoms with Gasteiger partial charge in [-0.25, -0.2) is 16.8 Å². The van der Waals surface area contributed by atoms with Crippen molar-refractivity contribution in [3.63, 3.8) is 0 Å². The first kappa shape index (κ1) is 21.0. The number of rotatable bonds is 2. The fourth-order valence-electron chi connectivity index (χ4n) is 1.83. The summed E-state index contributed by atoms with van der Waals surface area (Å²) in [6, 6.07) is 8.23. The van der Waals surface area contributed by atoms with Crippen molar-refractivity contribution in [1.29, 1.82) is 0 Å². The maximum atomic E-state index is 12.5. The summed E-state index contributed by atoms with van der Waals surface area (Å²) in [5.41, 5.74) is 0. The second kappa shape index (κ2) is 7.09. The van der Waals surface area contributed by atoms with Crippen LogP contribution in [0.2, 0.25) is 0 Å². The van der Waals surface area contributed by atoms with Gasteiger partial charge in [0, 0.05) is 5.39 Å². The third-order valence-corrected chi connectivity index (χ3v) is 8.94. The smallest absolute Gasteiger partial charge is 0.744 e. The van der Waals surface area contributed by atoms with Crippen LogP contribution in [-0.4, -0.2) is 22.9 Å². The largest absolute Gasteiger partial charge is 1.00 e. The zero-order valence-electron chi connectivity index (χ0n) is 11.0. The summed E-state index contributed by atoms with van der Waals surface area (Å²) in [5, 5.41) is 0.211. The van der Waals surface area contributed by atoms with Crippen molar-refractivity contribution in [1.82, 2.24) is 0 Å². The molecule has 2 rings (SSSR count). The summed E-state index contributed by atoms with van der Waals surface area (Å²) in [5.74, 6) is 0. The average Bonchev–Trinajstić information content (AvgIpc) is 2.34. The Morgan fingerprint density at radius 3 is 1.73 bits per heavy atom. The normalized spacial score (nSPS) is 12.9. The molecule has 0 saturated heterocycles. The standard InChI is InChI=1S/C11H7Br3O5S2.Na/c12-11(13,14)20(15,16)8-5-1-3-7-4-2-6-9(10(7)8)21(17,18)19;/h1-6H,(H,17,18,19);/q;+1/p-1. The van der Waals surface area contributed by atoms with Gasteiger partial charge in [0.05, 0.1) is 9.79 Å². The summed E-state index contributed by atoms with van der Waals surface area (Å²) >= 11 is 8.75. The summed E-state index contributed by atoms with van der Waals surface area (Å²) < 4.78 is 57.5. The van der Waals surface area contributed by atoms with Gasteiger partial charge < -0.3 is 4.55 Å². The van der Waals surface area contributed by atoms with Gasteiger partial charge in [0.25, 0.3) is 0 Å². The van der Waals surface area contributed by atoms with Gasteiger partial charge in [-0.2, -0.15) is 0 Å². The van der Waals surface area contributed by atoms with E-state index in [1.165, 1.54) is 30.3 Å². The van der Waals surface area contributed by atoms with Gasteiger partial charge in [0.15, 0.2) is 0 Å². The Balaban J connectivity index is 0.00000242. The van der Waals surface area contributed by atoms with Crippen molar-refractivity contribution >= 4 is 78.5 Å². The van der Waals surface area contributed by atoms with E-state index in [0.717, 1.165) is 6.07 Å². The van der Waals surface area contributed by atoms with Crippen LogP contribution in [0.5, 0.6) is 0 Å². The molecule has 0 fully saturated rings. The molecule has 11 heteroatoms. The van der Waals surface area contributed by atoms with Crippen LogP contribution in [0, 0.1) is 0 Å². The summed E-state index contributed by atoms with van der Waals surface area (Å²) in [6.45, 7) is 0. The van der Waals surface area contributed by atoms with Crippen molar-refractivity contribution in [3.8, 4) is 0 Å². The van der Waals surface area contributed by atoms with E-state index in [4.69, 9.17) is 0 Å². The van der Waals surface area contributed by atoms with E-state index in [1.54, 1.807) is 0 Å². The van der Waals surface area contributed by atoms with Gasteiger partial charge in [-0.1, -0.05) is 24.3 Å². The molecule has 0 saturated carbocycles. The SMILES string of the molecule is O=S(=O)([O-])c1cccc2cccc(S(=O)(=O)C(Br)(Br)Br)c12.[Na+]. The first-order valence-corrected chi connectivity index (χ1v) is 10.5. The molecule has 22 heavy (non-hydrogen) atoms. The molecule has 2 aromatic rings. The number of benzene rings is 2. The Morgan fingerprint density at radius 1 is 0.864 bits per heavy atom. The molecule has 0 aliphatic carbocycles. The van der Waals surface area contributed by atoms with Gasteiger partial charge in [0.2, 0.25) is 11.3 Å². The summed E-state index contributed by atoms with van der Waals surface area (Å²) in [7, 11) is -8.86. The number of sulfone groups is 1. The third kappa shape index (κ3) is 3.97. The monoisotopic (exact) mass is 542 g/mol. The molecule has 2 aromatic carbocycles. The van der Waals surface area contributed by atoms with Gasteiger partial charge >= 0.3 is 29.6 Å². The molecule has 0 unspecified atom stereocenters. The second-order valence-corrected chi connectivity index (χ2v) is 15.8. The third-order valence-electron chi connectivity index (χ3n) is 2.69. The minimum absolute atomic E-state index is 0. The molecule has 0 N–H and O–H groups in total. The van der Waals surface area contributed by atoms with Gasteiger partial charge in [-0.15, -0.1) is 0 Å².